The third kappa shape index (κ3) is 4.51. The lowest BCUT2D eigenvalue weighted by molar-refractivity contribution is 0.642. The molecule has 74 valence electrons. The summed E-state index contributed by atoms with van der Waals surface area (Å²) in [6.07, 6.45) is 2.52. The predicted molar refractivity (Wildman–Crippen MR) is 57.0 cm³/mol. The summed E-state index contributed by atoms with van der Waals surface area (Å²) >= 11 is 0. The van der Waals surface area contributed by atoms with Crippen LogP contribution in [0.2, 0.25) is 0 Å². The number of rotatable bonds is 2. The first-order valence-electron chi connectivity index (χ1n) is 4.86. The van der Waals surface area contributed by atoms with Crippen LogP contribution in [0.4, 0.5) is 0 Å². The first kappa shape index (κ1) is 11.9. The highest BCUT2D eigenvalue weighted by Crippen LogP contribution is 2.01. The fourth-order valence-corrected chi connectivity index (χ4v) is 1.06. The van der Waals surface area contributed by atoms with Crippen molar-refractivity contribution in [1.82, 2.24) is 4.98 Å². The van der Waals surface area contributed by atoms with E-state index >= 15 is 0 Å². The Labute approximate surface area is 80.0 Å². The Morgan fingerprint density at radius 3 is 2.46 bits per heavy atom. The fourth-order valence-electron chi connectivity index (χ4n) is 1.06. The minimum absolute atomic E-state index is 0.0428. The lowest BCUT2D eigenvalue weighted by Crippen LogP contribution is -2.12. The predicted octanol–water partition coefficient (Wildman–Crippen LogP) is 2.60. The third-order valence-corrected chi connectivity index (χ3v) is 1.53. The molecule has 0 aliphatic heterocycles. The summed E-state index contributed by atoms with van der Waals surface area (Å²) in [5.74, 6) is 0.540. The first-order valence-corrected chi connectivity index (χ1v) is 4.86. The van der Waals surface area contributed by atoms with Crippen LogP contribution < -0.4 is 5.56 Å². The van der Waals surface area contributed by atoms with E-state index in [1.807, 2.05) is 26.0 Å². The summed E-state index contributed by atoms with van der Waals surface area (Å²) in [6, 6.07) is 3.73. The van der Waals surface area contributed by atoms with Gasteiger partial charge in [-0.2, -0.15) is 0 Å². The summed E-state index contributed by atoms with van der Waals surface area (Å²) < 4.78 is 0. The standard InChI is InChI=1S/C9H13NO.C2H6/c1-7(2)6-8-4-3-5-10-9(8)11;1-2/h3-5,7H,6H2,1-2H3,(H,10,11);1-2H3. The Hall–Kier alpha value is -1.05. The van der Waals surface area contributed by atoms with Gasteiger partial charge in [-0.3, -0.25) is 4.79 Å². The fraction of sp³-hybridized carbons (Fsp3) is 0.545. The van der Waals surface area contributed by atoms with Crippen LogP contribution in [0.15, 0.2) is 23.1 Å². The molecule has 1 aromatic rings. The van der Waals surface area contributed by atoms with E-state index in [9.17, 15) is 4.79 Å². The van der Waals surface area contributed by atoms with Crippen LogP contribution in [-0.2, 0) is 6.42 Å². The molecule has 0 unspecified atom stereocenters. The molecule has 13 heavy (non-hydrogen) atoms. The van der Waals surface area contributed by atoms with E-state index in [0.29, 0.717) is 5.92 Å². The van der Waals surface area contributed by atoms with Gasteiger partial charge in [0.15, 0.2) is 0 Å². The molecule has 0 bridgehead atoms. The van der Waals surface area contributed by atoms with E-state index < -0.39 is 0 Å². The number of aromatic nitrogens is 1. The molecule has 1 rings (SSSR count). The van der Waals surface area contributed by atoms with Crippen molar-refractivity contribution < 1.29 is 0 Å². The number of nitrogens with one attached hydrogen (secondary N) is 1. The summed E-state index contributed by atoms with van der Waals surface area (Å²) in [5.41, 5.74) is 0.920. The van der Waals surface area contributed by atoms with Crippen molar-refractivity contribution in [1.29, 1.82) is 0 Å². The van der Waals surface area contributed by atoms with E-state index in [4.69, 9.17) is 0 Å². The smallest absolute Gasteiger partial charge is 0.251 e. The molecule has 1 N–H and O–H groups in total. The van der Waals surface area contributed by atoms with Crippen molar-refractivity contribution in [3.63, 3.8) is 0 Å². The average molecular weight is 181 g/mol. The van der Waals surface area contributed by atoms with Crippen LogP contribution in [-0.4, -0.2) is 4.98 Å². The first-order chi connectivity index (χ1) is 6.20. The molecule has 0 aromatic carbocycles. The van der Waals surface area contributed by atoms with Gasteiger partial charge in [-0.25, -0.2) is 0 Å². The highest BCUT2D eigenvalue weighted by Gasteiger charge is 1.99. The van der Waals surface area contributed by atoms with Crippen LogP contribution in [0.5, 0.6) is 0 Å². The largest absolute Gasteiger partial charge is 0.329 e. The second kappa shape index (κ2) is 6.46. The maximum absolute atomic E-state index is 11.1. The molecular weight excluding hydrogens is 162 g/mol. The Balaban J connectivity index is 0.000000671. The zero-order chi connectivity index (χ0) is 10.3. The molecule has 0 saturated carbocycles. The number of aromatic amines is 1. The van der Waals surface area contributed by atoms with E-state index in [1.54, 1.807) is 6.20 Å². The molecular formula is C11H19NO. The lowest BCUT2D eigenvalue weighted by atomic mass is 10.1. The second-order valence-corrected chi connectivity index (χ2v) is 3.12. The van der Waals surface area contributed by atoms with Gasteiger partial charge in [0.2, 0.25) is 0 Å². The molecule has 2 heteroatoms. The van der Waals surface area contributed by atoms with Gasteiger partial charge >= 0.3 is 0 Å². The van der Waals surface area contributed by atoms with Crippen LogP contribution in [0, 0.1) is 5.92 Å². The summed E-state index contributed by atoms with van der Waals surface area (Å²) in [7, 11) is 0. The molecule has 0 aliphatic carbocycles. The van der Waals surface area contributed by atoms with Crippen molar-refractivity contribution in [2.45, 2.75) is 34.1 Å². The summed E-state index contributed by atoms with van der Waals surface area (Å²) in [4.78, 5) is 13.7. The maximum atomic E-state index is 11.1. The van der Waals surface area contributed by atoms with Crippen LogP contribution >= 0.6 is 0 Å². The topological polar surface area (TPSA) is 32.9 Å². The van der Waals surface area contributed by atoms with Crippen LogP contribution in [0.3, 0.4) is 0 Å². The summed E-state index contributed by atoms with van der Waals surface area (Å²) in [5, 5.41) is 0. The molecule has 2 nitrogen and oxygen atoms in total. The van der Waals surface area contributed by atoms with E-state index in [2.05, 4.69) is 18.8 Å². The molecule has 0 spiro atoms. The van der Waals surface area contributed by atoms with Gasteiger partial charge in [0.25, 0.3) is 5.56 Å². The molecule has 1 aromatic heterocycles. The van der Waals surface area contributed by atoms with Gasteiger partial charge in [0, 0.05) is 11.8 Å². The quantitative estimate of drug-likeness (QED) is 0.747. The molecule has 0 saturated heterocycles. The lowest BCUT2D eigenvalue weighted by Gasteiger charge is -2.01. The van der Waals surface area contributed by atoms with Crippen molar-refractivity contribution in [3.8, 4) is 0 Å². The monoisotopic (exact) mass is 181 g/mol. The van der Waals surface area contributed by atoms with Gasteiger partial charge in [0.05, 0.1) is 0 Å². The molecule has 0 amide bonds. The van der Waals surface area contributed by atoms with Crippen molar-refractivity contribution in [3.05, 3.63) is 34.2 Å². The minimum Gasteiger partial charge on any atom is -0.329 e. The Bertz CT molecular complexity index is 275. The minimum atomic E-state index is 0.0428. The Morgan fingerprint density at radius 2 is 2.00 bits per heavy atom. The average Bonchev–Trinajstić information content (AvgIpc) is 2.12. The highest BCUT2D eigenvalue weighted by atomic mass is 16.1. The number of H-pyrrole nitrogens is 1. The zero-order valence-corrected chi connectivity index (χ0v) is 8.92. The van der Waals surface area contributed by atoms with Crippen molar-refractivity contribution in [2.75, 3.05) is 0 Å². The van der Waals surface area contributed by atoms with Gasteiger partial charge in [-0.05, 0) is 18.4 Å². The van der Waals surface area contributed by atoms with Gasteiger partial charge in [-0.15, -0.1) is 0 Å². The Kier molecular flexibility index (Phi) is 5.94. The highest BCUT2D eigenvalue weighted by molar-refractivity contribution is 5.09. The van der Waals surface area contributed by atoms with Gasteiger partial charge in [0.1, 0.15) is 0 Å². The van der Waals surface area contributed by atoms with Crippen molar-refractivity contribution >= 4 is 0 Å². The SMILES string of the molecule is CC.CC(C)Cc1ccc[nH]c1=O. The maximum Gasteiger partial charge on any atom is 0.251 e. The number of pyridine rings is 1. The van der Waals surface area contributed by atoms with Crippen LogP contribution in [0.25, 0.3) is 0 Å². The normalized spacial score (nSPS) is 9.31. The third-order valence-electron chi connectivity index (χ3n) is 1.53. The van der Waals surface area contributed by atoms with Gasteiger partial charge in [-0.1, -0.05) is 33.8 Å². The zero-order valence-electron chi connectivity index (χ0n) is 8.92. The second-order valence-electron chi connectivity index (χ2n) is 3.12. The van der Waals surface area contributed by atoms with E-state index in [-0.39, 0.29) is 5.56 Å². The molecule has 0 atom stereocenters. The molecule has 0 radical (unpaired) electrons. The van der Waals surface area contributed by atoms with E-state index in [1.165, 1.54) is 0 Å². The molecule has 1 heterocycles. The number of hydrogen-bond donors (Lipinski definition) is 1. The molecule has 0 fully saturated rings. The Morgan fingerprint density at radius 1 is 1.38 bits per heavy atom. The summed E-state index contributed by atoms with van der Waals surface area (Å²) in [6.45, 7) is 8.21. The van der Waals surface area contributed by atoms with Gasteiger partial charge < -0.3 is 4.98 Å². The van der Waals surface area contributed by atoms with Crippen LogP contribution in [0.1, 0.15) is 33.3 Å². The number of hydrogen-bond acceptors (Lipinski definition) is 1. The van der Waals surface area contributed by atoms with E-state index in [0.717, 1.165) is 12.0 Å². The molecule has 0 aliphatic rings. The van der Waals surface area contributed by atoms with Crippen molar-refractivity contribution in [2.24, 2.45) is 5.92 Å².